The van der Waals surface area contributed by atoms with Gasteiger partial charge in [-0.1, -0.05) is 34.4 Å². The smallest absolute Gasteiger partial charge is 0.305 e. The van der Waals surface area contributed by atoms with Crippen molar-refractivity contribution in [2.45, 2.75) is 18.9 Å². The van der Waals surface area contributed by atoms with E-state index >= 15 is 0 Å². The maximum Gasteiger partial charge on any atom is 0.305 e. The van der Waals surface area contributed by atoms with E-state index in [0.717, 1.165) is 0 Å². The van der Waals surface area contributed by atoms with Gasteiger partial charge in [0, 0.05) is 6.42 Å². The van der Waals surface area contributed by atoms with Gasteiger partial charge in [0.1, 0.15) is 6.04 Å². The number of esters is 1. The van der Waals surface area contributed by atoms with Gasteiger partial charge in [-0.05, 0) is 24.1 Å². The lowest BCUT2D eigenvalue weighted by Gasteiger charge is -2.09. The Morgan fingerprint density at radius 3 is 2.65 bits per heavy atom. The molecule has 0 aliphatic rings. The average molecular weight is 276 g/mol. The largest absolute Gasteiger partial charge is 0.469 e. The fourth-order valence-electron chi connectivity index (χ4n) is 1.36. The SMILES string of the molecule is COC(=O)CCC(N=O)c1ccc(Cl)c(Cl)c1. The molecule has 0 amide bonds. The Kier molecular flexibility index (Phi) is 5.38. The van der Waals surface area contributed by atoms with Crippen molar-refractivity contribution in [2.75, 3.05) is 7.11 Å². The van der Waals surface area contributed by atoms with Crippen LogP contribution in [0, 0.1) is 4.91 Å². The van der Waals surface area contributed by atoms with Gasteiger partial charge in [0.25, 0.3) is 0 Å². The summed E-state index contributed by atoms with van der Waals surface area (Å²) in [6.45, 7) is 0. The second-order valence-corrected chi connectivity index (χ2v) is 4.22. The monoisotopic (exact) mass is 275 g/mol. The summed E-state index contributed by atoms with van der Waals surface area (Å²) in [5.41, 5.74) is 0.637. The molecule has 0 heterocycles. The molecule has 1 unspecified atom stereocenters. The molecule has 0 saturated heterocycles. The van der Waals surface area contributed by atoms with Crippen LogP contribution in [0.2, 0.25) is 10.0 Å². The van der Waals surface area contributed by atoms with E-state index < -0.39 is 6.04 Å². The summed E-state index contributed by atoms with van der Waals surface area (Å²) in [5.74, 6) is -0.376. The van der Waals surface area contributed by atoms with Crippen molar-refractivity contribution in [1.82, 2.24) is 0 Å². The van der Waals surface area contributed by atoms with Crippen molar-refractivity contribution in [3.8, 4) is 0 Å². The molecule has 1 rings (SSSR count). The van der Waals surface area contributed by atoms with Gasteiger partial charge in [0.15, 0.2) is 0 Å². The molecule has 0 aliphatic heterocycles. The molecule has 0 saturated carbocycles. The summed E-state index contributed by atoms with van der Waals surface area (Å²) in [6.07, 6.45) is 0.418. The molecule has 0 aromatic heterocycles. The second-order valence-electron chi connectivity index (χ2n) is 3.41. The van der Waals surface area contributed by atoms with Crippen LogP contribution < -0.4 is 0 Å². The summed E-state index contributed by atoms with van der Waals surface area (Å²) in [6, 6.07) is 4.21. The number of methoxy groups -OCH3 is 1. The maximum absolute atomic E-state index is 11.0. The average Bonchev–Trinajstić information content (AvgIpc) is 2.33. The molecule has 1 atom stereocenters. The molecular weight excluding hydrogens is 265 g/mol. The van der Waals surface area contributed by atoms with Crippen LogP contribution >= 0.6 is 23.2 Å². The number of rotatable bonds is 5. The number of hydrogen-bond donors (Lipinski definition) is 0. The maximum atomic E-state index is 11.0. The Morgan fingerprint density at radius 1 is 1.41 bits per heavy atom. The molecule has 6 heteroatoms. The van der Waals surface area contributed by atoms with E-state index in [1.165, 1.54) is 7.11 Å². The van der Waals surface area contributed by atoms with Crippen LogP contribution in [0.15, 0.2) is 23.4 Å². The lowest BCUT2D eigenvalue weighted by molar-refractivity contribution is -0.140. The highest BCUT2D eigenvalue weighted by Crippen LogP contribution is 2.29. The van der Waals surface area contributed by atoms with E-state index in [1.54, 1.807) is 18.2 Å². The van der Waals surface area contributed by atoms with Gasteiger partial charge in [0.2, 0.25) is 0 Å². The fourth-order valence-corrected chi connectivity index (χ4v) is 1.66. The van der Waals surface area contributed by atoms with E-state index in [0.29, 0.717) is 15.6 Å². The Morgan fingerprint density at radius 2 is 2.12 bits per heavy atom. The van der Waals surface area contributed by atoms with Crippen LogP contribution in [0.5, 0.6) is 0 Å². The first-order chi connectivity index (χ1) is 8.08. The summed E-state index contributed by atoms with van der Waals surface area (Å²) >= 11 is 11.6. The third kappa shape index (κ3) is 3.98. The summed E-state index contributed by atoms with van der Waals surface area (Å²) < 4.78 is 4.49. The molecule has 0 N–H and O–H groups in total. The minimum Gasteiger partial charge on any atom is -0.469 e. The number of benzene rings is 1. The van der Waals surface area contributed by atoms with Gasteiger partial charge in [-0.25, -0.2) is 0 Å². The lowest BCUT2D eigenvalue weighted by atomic mass is 10.0. The minimum absolute atomic E-state index is 0.132. The van der Waals surface area contributed by atoms with Gasteiger partial charge in [-0.15, -0.1) is 0 Å². The predicted octanol–water partition coefficient (Wildman–Crippen LogP) is 3.75. The zero-order chi connectivity index (χ0) is 12.8. The zero-order valence-corrected chi connectivity index (χ0v) is 10.7. The number of ether oxygens (including phenoxy) is 1. The van der Waals surface area contributed by atoms with Crippen LogP contribution in [-0.2, 0) is 9.53 Å². The van der Waals surface area contributed by atoms with Crippen molar-refractivity contribution >= 4 is 29.2 Å². The number of halogens is 2. The van der Waals surface area contributed by atoms with Gasteiger partial charge < -0.3 is 4.74 Å². The Bertz CT molecular complexity index is 423. The normalized spacial score (nSPS) is 11.9. The Balaban J connectivity index is 2.76. The highest BCUT2D eigenvalue weighted by Gasteiger charge is 2.15. The van der Waals surface area contributed by atoms with E-state index in [9.17, 15) is 9.70 Å². The molecule has 0 spiro atoms. The summed E-state index contributed by atoms with van der Waals surface area (Å²) in [4.78, 5) is 21.7. The first-order valence-corrected chi connectivity index (χ1v) is 5.68. The van der Waals surface area contributed by atoms with Gasteiger partial charge >= 0.3 is 5.97 Å². The van der Waals surface area contributed by atoms with Crippen molar-refractivity contribution in [1.29, 1.82) is 0 Å². The van der Waals surface area contributed by atoms with E-state index in [1.807, 2.05) is 0 Å². The predicted molar refractivity (Wildman–Crippen MR) is 66.2 cm³/mol. The first kappa shape index (κ1) is 13.9. The molecule has 1 aromatic rings. The van der Waals surface area contributed by atoms with Crippen molar-refractivity contribution < 1.29 is 9.53 Å². The second kappa shape index (κ2) is 6.57. The van der Waals surface area contributed by atoms with Gasteiger partial charge in [-0.3, -0.25) is 4.79 Å². The highest BCUT2D eigenvalue weighted by molar-refractivity contribution is 6.42. The Hall–Kier alpha value is -1.13. The third-order valence-corrected chi connectivity index (χ3v) is 3.04. The van der Waals surface area contributed by atoms with Crippen LogP contribution in [0.3, 0.4) is 0 Å². The molecule has 4 nitrogen and oxygen atoms in total. The molecular formula is C11H11Cl2NO3. The molecule has 1 aromatic carbocycles. The van der Waals surface area contributed by atoms with Crippen LogP contribution in [0.25, 0.3) is 0 Å². The van der Waals surface area contributed by atoms with Crippen LogP contribution in [-0.4, -0.2) is 13.1 Å². The first-order valence-electron chi connectivity index (χ1n) is 4.92. The van der Waals surface area contributed by atoms with Crippen molar-refractivity contribution in [2.24, 2.45) is 5.18 Å². The highest BCUT2D eigenvalue weighted by atomic mass is 35.5. The molecule has 0 bridgehead atoms. The van der Waals surface area contributed by atoms with E-state index in [2.05, 4.69) is 9.91 Å². The molecule has 92 valence electrons. The minimum atomic E-state index is -0.621. The zero-order valence-electron chi connectivity index (χ0n) is 9.15. The topological polar surface area (TPSA) is 55.7 Å². The van der Waals surface area contributed by atoms with Crippen molar-refractivity contribution in [3.63, 3.8) is 0 Å². The lowest BCUT2D eigenvalue weighted by Crippen LogP contribution is -2.03. The third-order valence-electron chi connectivity index (χ3n) is 2.31. The standard InChI is InChI=1S/C11H11Cl2NO3/c1-17-11(15)5-4-10(14-16)7-2-3-8(12)9(13)6-7/h2-3,6,10H,4-5H2,1H3. The number of nitroso groups, excluding NO2 is 1. The van der Waals surface area contributed by atoms with Crippen LogP contribution in [0.4, 0.5) is 0 Å². The molecule has 0 radical (unpaired) electrons. The number of carbonyl (C=O) groups is 1. The fraction of sp³-hybridized carbons (Fsp3) is 0.364. The summed E-state index contributed by atoms with van der Waals surface area (Å²) in [7, 11) is 1.30. The molecule has 0 fully saturated rings. The Labute approximate surface area is 109 Å². The van der Waals surface area contributed by atoms with E-state index in [4.69, 9.17) is 23.2 Å². The van der Waals surface area contributed by atoms with Gasteiger partial charge in [-0.2, -0.15) is 4.91 Å². The van der Waals surface area contributed by atoms with E-state index in [-0.39, 0.29) is 18.8 Å². The van der Waals surface area contributed by atoms with Crippen LogP contribution in [0.1, 0.15) is 24.4 Å². The quantitative estimate of drug-likeness (QED) is 0.607. The molecule has 17 heavy (non-hydrogen) atoms. The van der Waals surface area contributed by atoms with Crippen molar-refractivity contribution in [3.05, 3.63) is 38.7 Å². The summed E-state index contributed by atoms with van der Waals surface area (Å²) in [5, 5.41) is 3.74. The molecule has 0 aliphatic carbocycles. The number of nitrogens with zero attached hydrogens (tertiary/aromatic N) is 1. The van der Waals surface area contributed by atoms with Gasteiger partial charge in [0.05, 0.1) is 17.2 Å². The number of hydrogen-bond acceptors (Lipinski definition) is 4. The number of carbonyl (C=O) groups excluding carboxylic acids is 1.